The predicted octanol–water partition coefficient (Wildman–Crippen LogP) is 2.26. The lowest BCUT2D eigenvalue weighted by Crippen LogP contribution is -2.37. The molecule has 1 atom stereocenters. The van der Waals surface area contributed by atoms with Crippen LogP contribution in [-0.4, -0.2) is 44.3 Å². The minimum absolute atomic E-state index is 0.187. The molecule has 1 aliphatic rings. The summed E-state index contributed by atoms with van der Waals surface area (Å²) in [6.45, 7) is 3.53. The molecule has 0 spiro atoms. The molecule has 2 nitrogen and oxygen atoms in total. The topological polar surface area (TPSA) is 15.3 Å². The minimum Gasteiger partial charge on any atom is -0.316 e. The highest BCUT2D eigenvalue weighted by atomic mass is 19.4. The van der Waals surface area contributed by atoms with E-state index in [1.54, 1.807) is 0 Å². The van der Waals surface area contributed by atoms with Gasteiger partial charge in [0.15, 0.2) is 0 Å². The number of hydrogen-bond acceptors (Lipinski definition) is 2. The maximum atomic E-state index is 11.9. The number of alkyl halides is 3. The lowest BCUT2D eigenvalue weighted by molar-refractivity contribution is -0.135. The van der Waals surface area contributed by atoms with Gasteiger partial charge >= 0.3 is 6.18 Å². The average molecular weight is 238 g/mol. The second-order valence-corrected chi connectivity index (χ2v) is 4.69. The number of nitrogens with zero attached hydrogens (tertiary/aromatic N) is 1. The summed E-state index contributed by atoms with van der Waals surface area (Å²) in [6.07, 6.45) is -2.11. The van der Waals surface area contributed by atoms with Crippen molar-refractivity contribution in [1.82, 2.24) is 10.2 Å². The highest BCUT2D eigenvalue weighted by Gasteiger charge is 2.25. The van der Waals surface area contributed by atoms with E-state index in [0.717, 1.165) is 19.6 Å². The van der Waals surface area contributed by atoms with E-state index >= 15 is 0 Å². The van der Waals surface area contributed by atoms with Crippen LogP contribution in [0.2, 0.25) is 0 Å². The number of likely N-dealkylation sites (tertiary alicyclic amines) is 1. The first-order valence-corrected chi connectivity index (χ1v) is 5.93. The van der Waals surface area contributed by atoms with Crippen LogP contribution in [0.1, 0.15) is 25.7 Å². The van der Waals surface area contributed by atoms with Crippen molar-refractivity contribution in [2.24, 2.45) is 5.92 Å². The van der Waals surface area contributed by atoms with Crippen molar-refractivity contribution in [3.8, 4) is 0 Å². The Morgan fingerprint density at radius 1 is 1.38 bits per heavy atom. The molecule has 1 saturated heterocycles. The number of rotatable bonds is 5. The van der Waals surface area contributed by atoms with Crippen LogP contribution < -0.4 is 5.32 Å². The molecule has 5 heteroatoms. The largest absolute Gasteiger partial charge is 0.389 e. The van der Waals surface area contributed by atoms with E-state index in [0.29, 0.717) is 12.5 Å². The molecule has 0 bridgehead atoms. The van der Waals surface area contributed by atoms with Gasteiger partial charge in [-0.2, -0.15) is 13.2 Å². The van der Waals surface area contributed by atoms with Crippen LogP contribution in [0.5, 0.6) is 0 Å². The van der Waals surface area contributed by atoms with E-state index in [-0.39, 0.29) is 6.42 Å². The normalized spacial score (nSPS) is 23.6. The van der Waals surface area contributed by atoms with Crippen molar-refractivity contribution in [1.29, 1.82) is 0 Å². The fraction of sp³-hybridized carbons (Fsp3) is 1.00. The van der Waals surface area contributed by atoms with Gasteiger partial charge in [0.25, 0.3) is 0 Å². The van der Waals surface area contributed by atoms with Crippen LogP contribution in [0, 0.1) is 5.92 Å². The molecular formula is C11H21F3N2. The standard InChI is InChI=1S/C11H21F3N2/c1-16-7-2-4-10(9-16)8-15-6-3-5-11(12,13)14/h10,15H,2-9H2,1H3. The summed E-state index contributed by atoms with van der Waals surface area (Å²) >= 11 is 0. The van der Waals surface area contributed by atoms with Gasteiger partial charge in [0.05, 0.1) is 0 Å². The molecule has 1 N–H and O–H groups in total. The average Bonchev–Trinajstić information content (AvgIpc) is 2.15. The van der Waals surface area contributed by atoms with Gasteiger partial charge < -0.3 is 10.2 Å². The third-order valence-corrected chi connectivity index (χ3v) is 2.97. The molecule has 0 aliphatic carbocycles. The van der Waals surface area contributed by atoms with E-state index < -0.39 is 12.6 Å². The number of piperidine rings is 1. The summed E-state index contributed by atoms with van der Waals surface area (Å²) in [5.41, 5.74) is 0. The van der Waals surface area contributed by atoms with Crippen LogP contribution in [0.25, 0.3) is 0 Å². The van der Waals surface area contributed by atoms with Crippen molar-refractivity contribution in [3.63, 3.8) is 0 Å². The summed E-state index contributed by atoms with van der Waals surface area (Å²) in [7, 11) is 2.09. The Balaban J connectivity index is 1.98. The molecule has 0 radical (unpaired) electrons. The Hall–Kier alpha value is -0.290. The van der Waals surface area contributed by atoms with Gasteiger partial charge in [-0.25, -0.2) is 0 Å². The smallest absolute Gasteiger partial charge is 0.316 e. The van der Waals surface area contributed by atoms with Crippen molar-refractivity contribution in [3.05, 3.63) is 0 Å². The molecule has 1 rings (SSSR count). The Bertz CT molecular complexity index is 194. The van der Waals surface area contributed by atoms with Gasteiger partial charge in [-0.05, 0) is 51.9 Å². The molecule has 0 aromatic carbocycles. The van der Waals surface area contributed by atoms with E-state index in [9.17, 15) is 13.2 Å². The lowest BCUT2D eigenvalue weighted by atomic mass is 9.98. The first-order valence-electron chi connectivity index (χ1n) is 5.93. The lowest BCUT2D eigenvalue weighted by Gasteiger charge is -2.29. The Labute approximate surface area is 95.2 Å². The molecule has 1 heterocycles. The quantitative estimate of drug-likeness (QED) is 0.739. The molecule has 96 valence electrons. The zero-order chi connectivity index (χ0) is 12.0. The SMILES string of the molecule is CN1CCCC(CNCCCC(F)(F)F)C1. The summed E-state index contributed by atoms with van der Waals surface area (Å²) in [6, 6.07) is 0. The molecule has 0 amide bonds. The van der Waals surface area contributed by atoms with Crippen molar-refractivity contribution in [2.75, 3.05) is 33.2 Å². The van der Waals surface area contributed by atoms with E-state index in [1.165, 1.54) is 12.8 Å². The Kier molecular flexibility index (Phi) is 5.55. The maximum Gasteiger partial charge on any atom is 0.389 e. The zero-order valence-electron chi connectivity index (χ0n) is 9.82. The van der Waals surface area contributed by atoms with Gasteiger partial charge in [0, 0.05) is 13.0 Å². The van der Waals surface area contributed by atoms with Crippen molar-refractivity contribution in [2.45, 2.75) is 31.9 Å². The monoisotopic (exact) mass is 238 g/mol. The second kappa shape index (κ2) is 6.45. The molecule has 1 unspecified atom stereocenters. The predicted molar refractivity (Wildman–Crippen MR) is 58.4 cm³/mol. The van der Waals surface area contributed by atoms with Crippen LogP contribution >= 0.6 is 0 Å². The van der Waals surface area contributed by atoms with Gasteiger partial charge in [-0.1, -0.05) is 0 Å². The van der Waals surface area contributed by atoms with E-state index in [4.69, 9.17) is 0 Å². The molecular weight excluding hydrogens is 217 g/mol. The molecule has 0 saturated carbocycles. The number of hydrogen-bond donors (Lipinski definition) is 1. The molecule has 0 aromatic heterocycles. The molecule has 1 aliphatic heterocycles. The first-order chi connectivity index (χ1) is 7.47. The summed E-state index contributed by atoms with van der Waals surface area (Å²) in [4.78, 5) is 2.28. The van der Waals surface area contributed by atoms with Gasteiger partial charge in [0.2, 0.25) is 0 Å². The summed E-state index contributed by atoms with van der Waals surface area (Å²) in [5.74, 6) is 0.602. The van der Waals surface area contributed by atoms with Crippen LogP contribution in [0.3, 0.4) is 0 Å². The van der Waals surface area contributed by atoms with Gasteiger partial charge in [-0.15, -0.1) is 0 Å². The highest BCUT2D eigenvalue weighted by molar-refractivity contribution is 4.72. The third kappa shape index (κ3) is 6.33. The molecule has 16 heavy (non-hydrogen) atoms. The van der Waals surface area contributed by atoms with Crippen molar-refractivity contribution >= 4 is 0 Å². The second-order valence-electron chi connectivity index (χ2n) is 4.69. The van der Waals surface area contributed by atoms with Gasteiger partial charge in [0.1, 0.15) is 0 Å². The minimum atomic E-state index is -4.01. The van der Waals surface area contributed by atoms with E-state index in [2.05, 4.69) is 17.3 Å². The molecule has 0 aromatic rings. The first kappa shape index (κ1) is 13.8. The van der Waals surface area contributed by atoms with Crippen LogP contribution in [-0.2, 0) is 0 Å². The van der Waals surface area contributed by atoms with Crippen LogP contribution in [0.4, 0.5) is 13.2 Å². The number of halogens is 3. The Morgan fingerprint density at radius 2 is 2.12 bits per heavy atom. The van der Waals surface area contributed by atoms with Crippen LogP contribution in [0.15, 0.2) is 0 Å². The number of nitrogens with one attached hydrogen (secondary N) is 1. The fourth-order valence-electron chi connectivity index (χ4n) is 2.16. The van der Waals surface area contributed by atoms with Crippen molar-refractivity contribution < 1.29 is 13.2 Å². The summed E-state index contributed by atoms with van der Waals surface area (Å²) < 4.78 is 35.6. The van der Waals surface area contributed by atoms with E-state index in [1.807, 2.05) is 0 Å². The maximum absolute atomic E-state index is 11.9. The molecule has 1 fully saturated rings. The Morgan fingerprint density at radius 3 is 2.75 bits per heavy atom. The van der Waals surface area contributed by atoms with Gasteiger partial charge in [-0.3, -0.25) is 0 Å². The highest BCUT2D eigenvalue weighted by Crippen LogP contribution is 2.20. The summed E-state index contributed by atoms with van der Waals surface area (Å²) in [5, 5.41) is 3.12. The fourth-order valence-corrected chi connectivity index (χ4v) is 2.16. The zero-order valence-corrected chi connectivity index (χ0v) is 9.82. The third-order valence-electron chi connectivity index (χ3n) is 2.97.